The normalized spacial score (nSPS) is 16.5. The lowest BCUT2D eigenvalue weighted by atomic mass is 10.0. The highest BCUT2D eigenvalue weighted by atomic mass is 16.5. The van der Waals surface area contributed by atoms with E-state index in [1.807, 2.05) is 48.5 Å². The Morgan fingerprint density at radius 3 is 2.59 bits per heavy atom. The number of methoxy groups -OCH3 is 1. The van der Waals surface area contributed by atoms with Crippen LogP contribution < -0.4 is 4.74 Å². The van der Waals surface area contributed by atoms with Gasteiger partial charge in [-0.05, 0) is 53.8 Å². The van der Waals surface area contributed by atoms with Gasteiger partial charge in [-0.25, -0.2) is 9.78 Å². The SMILES string of the molecule is COc1ccc(/C=C2\CCc3c2nc2ccccc2c3C(=O)OCC(=O)N2CCOCC2)cc1. The summed E-state index contributed by atoms with van der Waals surface area (Å²) in [5.74, 6) is 0.114. The molecule has 0 unspecified atom stereocenters. The number of hydrogen-bond donors (Lipinski definition) is 0. The van der Waals surface area contributed by atoms with Crippen molar-refractivity contribution < 1.29 is 23.8 Å². The standard InChI is InChI=1S/C27H26N2O5/c1-32-20-9-6-18(7-10-20)16-19-8-11-22-25(21-4-2-3-5-23(21)28-26(19)22)27(31)34-17-24(30)29-12-14-33-15-13-29/h2-7,9-10,16H,8,11-15,17H2,1H3/b19-16+. The average molecular weight is 459 g/mol. The van der Waals surface area contributed by atoms with Crippen molar-refractivity contribution >= 4 is 34.4 Å². The zero-order chi connectivity index (χ0) is 23.5. The van der Waals surface area contributed by atoms with Gasteiger partial charge >= 0.3 is 5.97 Å². The highest BCUT2D eigenvalue weighted by molar-refractivity contribution is 6.07. The third-order valence-electron chi connectivity index (χ3n) is 6.29. The number of esters is 1. The van der Waals surface area contributed by atoms with Gasteiger partial charge in [0.25, 0.3) is 5.91 Å². The van der Waals surface area contributed by atoms with E-state index in [1.54, 1.807) is 12.0 Å². The Bertz CT molecular complexity index is 1260. The Kier molecular flexibility index (Phi) is 6.27. The molecule has 0 spiro atoms. The Balaban J connectivity index is 1.45. The molecule has 1 fully saturated rings. The number of allylic oxidation sites excluding steroid dienone is 1. The minimum atomic E-state index is -0.484. The Labute approximate surface area is 197 Å². The van der Waals surface area contributed by atoms with Gasteiger partial charge in [-0.1, -0.05) is 30.3 Å². The van der Waals surface area contributed by atoms with E-state index < -0.39 is 5.97 Å². The first-order valence-corrected chi connectivity index (χ1v) is 11.4. The molecule has 2 aliphatic rings. The van der Waals surface area contributed by atoms with Crippen LogP contribution in [0.2, 0.25) is 0 Å². The molecule has 7 heteroatoms. The van der Waals surface area contributed by atoms with Gasteiger partial charge in [-0.3, -0.25) is 4.79 Å². The summed E-state index contributed by atoms with van der Waals surface area (Å²) in [5, 5.41) is 0.746. The molecule has 1 aliphatic heterocycles. The number of benzene rings is 2. The van der Waals surface area contributed by atoms with E-state index in [4.69, 9.17) is 19.2 Å². The first-order chi connectivity index (χ1) is 16.6. The van der Waals surface area contributed by atoms with Gasteiger partial charge in [0, 0.05) is 18.5 Å². The molecule has 0 atom stereocenters. The second-order valence-corrected chi connectivity index (χ2v) is 8.34. The maximum Gasteiger partial charge on any atom is 0.339 e. The second-order valence-electron chi connectivity index (χ2n) is 8.34. The van der Waals surface area contributed by atoms with E-state index in [9.17, 15) is 9.59 Å². The van der Waals surface area contributed by atoms with Crippen LogP contribution in [0.15, 0.2) is 48.5 Å². The van der Waals surface area contributed by atoms with E-state index in [-0.39, 0.29) is 12.5 Å². The van der Waals surface area contributed by atoms with Crippen LogP contribution >= 0.6 is 0 Å². The van der Waals surface area contributed by atoms with Gasteiger partial charge in [-0.15, -0.1) is 0 Å². The summed E-state index contributed by atoms with van der Waals surface area (Å²) in [4.78, 5) is 32.3. The molecule has 7 nitrogen and oxygen atoms in total. The maximum atomic E-state index is 13.3. The van der Waals surface area contributed by atoms with Crippen molar-refractivity contribution in [2.75, 3.05) is 40.0 Å². The number of hydrogen-bond acceptors (Lipinski definition) is 6. The van der Waals surface area contributed by atoms with Crippen LogP contribution in [0, 0.1) is 0 Å². The zero-order valence-electron chi connectivity index (χ0n) is 19.1. The summed E-state index contributed by atoms with van der Waals surface area (Å²) in [6.45, 7) is 1.77. The fourth-order valence-electron chi connectivity index (χ4n) is 4.52. The number of morpholine rings is 1. The van der Waals surface area contributed by atoms with Crippen LogP contribution in [-0.2, 0) is 20.7 Å². The summed E-state index contributed by atoms with van der Waals surface area (Å²) >= 11 is 0. The van der Waals surface area contributed by atoms with Crippen molar-refractivity contribution in [2.24, 2.45) is 0 Å². The molecule has 2 heterocycles. The predicted octanol–water partition coefficient (Wildman–Crippen LogP) is 3.75. The maximum absolute atomic E-state index is 13.3. The highest BCUT2D eigenvalue weighted by Gasteiger charge is 2.28. The van der Waals surface area contributed by atoms with Crippen molar-refractivity contribution in [3.63, 3.8) is 0 Å². The Hall–Kier alpha value is -3.71. The summed E-state index contributed by atoms with van der Waals surface area (Å²) in [6, 6.07) is 15.4. The number of para-hydroxylation sites is 1. The molecule has 1 aromatic heterocycles. The molecule has 1 saturated heterocycles. The number of amides is 1. The van der Waals surface area contributed by atoms with Gasteiger partial charge in [-0.2, -0.15) is 0 Å². The van der Waals surface area contributed by atoms with Crippen molar-refractivity contribution in [3.05, 3.63) is 70.9 Å². The summed E-state index contributed by atoms with van der Waals surface area (Å²) in [7, 11) is 1.64. The fourth-order valence-corrected chi connectivity index (χ4v) is 4.52. The Morgan fingerprint density at radius 1 is 1.06 bits per heavy atom. The lowest BCUT2D eigenvalue weighted by Crippen LogP contribution is -2.42. The van der Waals surface area contributed by atoms with Crippen LogP contribution in [-0.4, -0.2) is 61.8 Å². The average Bonchev–Trinajstić information content (AvgIpc) is 3.28. The van der Waals surface area contributed by atoms with Gasteiger partial charge in [0.1, 0.15) is 5.75 Å². The molecular formula is C27H26N2O5. The van der Waals surface area contributed by atoms with Gasteiger partial charge < -0.3 is 19.1 Å². The largest absolute Gasteiger partial charge is 0.497 e. The first kappa shape index (κ1) is 22.1. The van der Waals surface area contributed by atoms with Crippen LogP contribution in [0.5, 0.6) is 5.75 Å². The van der Waals surface area contributed by atoms with Crippen molar-refractivity contribution in [1.29, 1.82) is 0 Å². The van der Waals surface area contributed by atoms with Crippen molar-refractivity contribution in [3.8, 4) is 5.75 Å². The van der Waals surface area contributed by atoms with Crippen LogP contribution in [0.1, 0.15) is 33.6 Å². The van der Waals surface area contributed by atoms with Crippen LogP contribution in [0.25, 0.3) is 22.6 Å². The van der Waals surface area contributed by atoms with E-state index in [2.05, 4.69) is 6.08 Å². The molecule has 2 aromatic carbocycles. The lowest BCUT2D eigenvalue weighted by Gasteiger charge is -2.26. The van der Waals surface area contributed by atoms with Gasteiger partial charge in [0.2, 0.25) is 0 Å². The van der Waals surface area contributed by atoms with E-state index in [0.29, 0.717) is 38.3 Å². The molecule has 174 valence electrons. The quantitative estimate of drug-likeness (QED) is 0.542. The number of nitrogens with zero attached hydrogens (tertiary/aromatic N) is 2. The number of fused-ring (bicyclic) bond motifs is 2. The van der Waals surface area contributed by atoms with E-state index in [1.165, 1.54) is 0 Å². The molecule has 0 N–H and O–H groups in total. The molecule has 0 radical (unpaired) electrons. The number of aromatic nitrogens is 1. The minimum Gasteiger partial charge on any atom is -0.497 e. The van der Waals surface area contributed by atoms with Gasteiger partial charge in [0.05, 0.1) is 37.1 Å². The number of carbonyl (C=O) groups is 2. The molecular weight excluding hydrogens is 432 g/mol. The van der Waals surface area contributed by atoms with Crippen LogP contribution in [0.4, 0.5) is 0 Å². The zero-order valence-corrected chi connectivity index (χ0v) is 19.1. The topological polar surface area (TPSA) is 78.0 Å². The second kappa shape index (κ2) is 9.65. The van der Waals surface area contributed by atoms with E-state index >= 15 is 0 Å². The first-order valence-electron chi connectivity index (χ1n) is 11.4. The summed E-state index contributed by atoms with van der Waals surface area (Å²) in [5.41, 5.74) is 5.05. The van der Waals surface area contributed by atoms with Crippen molar-refractivity contribution in [2.45, 2.75) is 12.8 Å². The molecule has 1 aliphatic carbocycles. The van der Waals surface area contributed by atoms with Crippen LogP contribution in [0.3, 0.4) is 0 Å². The smallest absolute Gasteiger partial charge is 0.339 e. The monoisotopic (exact) mass is 458 g/mol. The summed E-state index contributed by atoms with van der Waals surface area (Å²) < 4.78 is 16.1. The van der Waals surface area contributed by atoms with Gasteiger partial charge in [0.15, 0.2) is 6.61 Å². The number of pyridine rings is 1. The minimum absolute atomic E-state index is 0.202. The predicted molar refractivity (Wildman–Crippen MR) is 129 cm³/mol. The molecule has 3 aromatic rings. The Morgan fingerprint density at radius 2 is 1.82 bits per heavy atom. The lowest BCUT2D eigenvalue weighted by molar-refractivity contribution is -0.138. The molecule has 0 bridgehead atoms. The number of ether oxygens (including phenoxy) is 3. The highest BCUT2D eigenvalue weighted by Crippen LogP contribution is 2.38. The fraction of sp³-hybridized carbons (Fsp3) is 0.296. The number of rotatable bonds is 5. The molecule has 1 amide bonds. The molecule has 0 saturated carbocycles. The third kappa shape index (κ3) is 4.39. The third-order valence-corrected chi connectivity index (χ3v) is 6.29. The summed E-state index contributed by atoms with van der Waals surface area (Å²) in [6.07, 6.45) is 3.57. The molecule has 34 heavy (non-hydrogen) atoms. The number of carbonyl (C=O) groups excluding carboxylic acids is 2. The molecule has 5 rings (SSSR count). The van der Waals surface area contributed by atoms with E-state index in [0.717, 1.165) is 45.5 Å². The van der Waals surface area contributed by atoms with Crippen molar-refractivity contribution in [1.82, 2.24) is 9.88 Å².